The Hall–Kier alpha value is -1.63. The Labute approximate surface area is 159 Å². The maximum atomic E-state index is 12.7. The Morgan fingerprint density at radius 2 is 2.08 bits per heavy atom. The molecule has 0 bridgehead atoms. The smallest absolute Gasteiger partial charge is 0.253 e. The molecule has 26 heavy (non-hydrogen) atoms. The number of halogens is 1. The van der Waals surface area contributed by atoms with Crippen LogP contribution in [0.4, 0.5) is 0 Å². The number of rotatable bonds is 5. The molecule has 0 aromatic heterocycles. The molecule has 2 saturated heterocycles. The molecule has 1 aromatic carbocycles. The first kappa shape index (κ1) is 19.1. The lowest BCUT2D eigenvalue weighted by molar-refractivity contribution is -0.132. The van der Waals surface area contributed by atoms with E-state index in [0.717, 1.165) is 32.5 Å². The normalized spacial score (nSPS) is 21.9. The minimum Gasteiger partial charge on any atom is -0.383 e. The van der Waals surface area contributed by atoms with Crippen LogP contribution in [0, 0.1) is 0 Å². The van der Waals surface area contributed by atoms with Crippen LogP contribution < -0.4 is 0 Å². The number of hydrogen-bond donors (Lipinski definition) is 0. The van der Waals surface area contributed by atoms with Crippen molar-refractivity contribution < 1.29 is 14.3 Å². The van der Waals surface area contributed by atoms with Gasteiger partial charge in [-0.3, -0.25) is 14.5 Å². The molecular formula is C19H26ClN3O3. The highest BCUT2D eigenvalue weighted by Crippen LogP contribution is 2.20. The van der Waals surface area contributed by atoms with E-state index >= 15 is 0 Å². The molecule has 0 N–H and O–H groups in total. The molecule has 0 radical (unpaired) electrons. The SMILES string of the molecule is COCCN1CC[C@H](N2CCCN(C(=O)c3cccc(Cl)c3)CC2)C1=O. The first-order valence-corrected chi connectivity index (χ1v) is 9.54. The van der Waals surface area contributed by atoms with Crippen molar-refractivity contribution in [3.8, 4) is 0 Å². The average molecular weight is 380 g/mol. The van der Waals surface area contributed by atoms with Gasteiger partial charge in [0.15, 0.2) is 0 Å². The van der Waals surface area contributed by atoms with Crippen LogP contribution in [-0.2, 0) is 9.53 Å². The van der Waals surface area contributed by atoms with E-state index in [4.69, 9.17) is 16.3 Å². The molecule has 6 nitrogen and oxygen atoms in total. The van der Waals surface area contributed by atoms with Crippen molar-refractivity contribution in [3.05, 3.63) is 34.9 Å². The Morgan fingerprint density at radius 3 is 2.85 bits per heavy atom. The summed E-state index contributed by atoms with van der Waals surface area (Å²) in [5.41, 5.74) is 0.619. The quantitative estimate of drug-likeness (QED) is 0.782. The van der Waals surface area contributed by atoms with E-state index in [0.29, 0.717) is 36.8 Å². The molecule has 142 valence electrons. The second kappa shape index (κ2) is 8.84. The zero-order valence-corrected chi connectivity index (χ0v) is 16.0. The molecule has 1 aromatic rings. The zero-order valence-electron chi connectivity index (χ0n) is 15.2. The van der Waals surface area contributed by atoms with Crippen LogP contribution in [0.25, 0.3) is 0 Å². The molecule has 2 fully saturated rings. The number of amides is 2. The van der Waals surface area contributed by atoms with Crippen LogP contribution in [0.15, 0.2) is 24.3 Å². The molecule has 0 saturated carbocycles. The number of ether oxygens (including phenoxy) is 1. The summed E-state index contributed by atoms with van der Waals surface area (Å²) in [6, 6.07) is 7.01. The van der Waals surface area contributed by atoms with Gasteiger partial charge in [0.1, 0.15) is 0 Å². The third-order valence-corrected chi connectivity index (χ3v) is 5.40. The molecule has 7 heteroatoms. The molecular weight excluding hydrogens is 354 g/mol. The van der Waals surface area contributed by atoms with E-state index in [1.54, 1.807) is 31.4 Å². The summed E-state index contributed by atoms with van der Waals surface area (Å²) in [6.45, 7) is 4.91. The molecule has 2 aliphatic heterocycles. The number of likely N-dealkylation sites (tertiary alicyclic amines) is 1. The molecule has 1 atom stereocenters. The van der Waals surface area contributed by atoms with Gasteiger partial charge in [-0.05, 0) is 31.0 Å². The van der Waals surface area contributed by atoms with Crippen LogP contribution >= 0.6 is 11.6 Å². The Morgan fingerprint density at radius 1 is 1.23 bits per heavy atom. The fraction of sp³-hybridized carbons (Fsp3) is 0.579. The van der Waals surface area contributed by atoms with Crippen LogP contribution in [-0.4, -0.2) is 85.5 Å². The number of hydrogen-bond acceptors (Lipinski definition) is 4. The van der Waals surface area contributed by atoms with Crippen LogP contribution in [0.3, 0.4) is 0 Å². The third-order valence-electron chi connectivity index (χ3n) is 5.16. The largest absolute Gasteiger partial charge is 0.383 e. The zero-order chi connectivity index (χ0) is 18.5. The summed E-state index contributed by atoms with van der Waals surface area (Å²) >= 11 is 6.01. The van der Waals surface area contributed by atoms with Crippen molar-refractivity contribution in [3.63, 3.8) is 0 Å². The number of benzene rings is 1. The minimum atomic E-state index is -0.0620. The van der Waals surface area contributed by atoms with Crippen molar-refractivity contribution in [2.24, 2.45) is 0 Å². The summed E-state index contributed by atoms with van der Waals surface area (Å²) in [6.07, 6.45) is 1.72. The van der Waals surface area contributed by atoms with Gasteiger partial charge in [-0.15, -0.1) is 0 Å². The first-order valence-electron chi connectivity index (χ1n) is 9.17. The van der Waals surface area contributed by atoms with Gasteiger partial charge in [0.25, 0.3) is 5.91 Å². The standard InChI is InChI=1S/C19H26ClN3O3/c1-26-13-12-23-9-6-17(19(23)25)21-7-3-8-22(11-10-21)18(24)15-4-2-5-16(20)14-15/h2,4-5,14,17H,3,6-13H2,1H3/t17-/m0/s1. The topological polar surface area (TPSA) is 53.1 Å². The van der Waals surface area contributed by atoms with Gasteiger partial charge in [-0.25, -0.2) is 0 Å². The molecule has 2 amide bonds. The highest BCUT2D eigenvalue weighted by atomic mass is 35.5. The lowest BCUT2D eigenvalue weighted by Crippen LogP contribution is -2.44. The highest BCUT2D eigenvalue weighted by Gasteiger charge is 2.36. The second-order valence-corrected chi connectivity index (χ2v) is 7.25. The number of methoxy groups -OCH3 is 1. The molecule has 0 unspecified atom stereocenters. The van der Waals surface area contributed by atoms with Crippen molar-refractivity contribution in [1.29, 1.82) is 0 Å². The van der Waals surface area contributed by atoms with Gasteiger partial charge in [0, 0.05) is 57.0 Å². The Balaban J connectivity index is 1.58. The van der Waals surface area contributed by atoms with E-state index < -0.39 is 0 Å². The van der Waals surface area contributed by atoms with Crippen molar-refractivity contribution in [1.82, 2.24) is 14.7 Å². The number of nitrogens with zero attached hydrogens (tertiary/aromatic N) is 3. The highest BCUT2D eigenvalue weighted by molar-refractivity contribution is 6.30. The second-order valence-electron chi connectivity index (χ2n) is 6.81. The van der Waals surface area contributed by atoms with E-state index in [9.17, 15) is 9.59 Å². The lowest BCUT2D eigenvalue weighted by atomic mass is 10.2. The predicted octanol–water partition coefficient (Wildman–Crippen LogP) is 1.74. The average Bonchev–Trinajstić information content (AvgIpc) is 2.84. The Bertz CT molecular complexity index is 655. The third kappa shape index (κ3) is 4.37. The monoisotopic (exact) mass is 379 g/mol. The van der Waals surface area contributed by atoms with Crippen LogP contribution in [0.5, 0.6) is 0 Å². The Kier molecular flexibility index (Phi) is 6.51. The maximum Gasteiger partial charge on any atom is 0.253 e. The summed E-state index contributed by atoms with van der Waals surface area (Å²) in [5.74, 6) is 0.200. The van der Waals surface area contributed by atoms with E-state index in [1.807, 2.05) is 9.80 Å². The fourth-order valence-electron chi connectivity index (χ4n) is 3.74. The van der Waals surface area contributed by atoms with E-state index in [2.05, 4.69) is 4.90 Å². The molecule has 3 rings (SSSR count). The van der Waals surface area contributed by atoms with Gasteiger partial charge in [-0.2, -0.15) is 0 Å². The maximum absolute atomic E-state index is 12.7. The number of carbonyl (C=O) groups is 2. The van der Waals surface area contributed by atoms with Crippen LogP contribution in [0.1, 0.15) is 23.2 Å². The van der Waals surface area contributed by atoms with Crippen molar-refractivity contribution in [2.45, 2.75) is 18.9 Å². The minimum absolute atomic E-state index is 0.00817. The molecule has 0 aliphatic carbocycles. The van der Waals surface area contributed by atoms with E-state index in [-0.39, 0.29) is 17.9 Å². The molecule has 0 spiro atoms. The van der Waals surface area contributed by atoms with Gasteiger partial charge < -0.3 is 14.5 Å². The van der Waals surface area contributed by atoms with E-state index in [1.165, 1.54) is 0 Å². The summed E-state index contributed by atoms with van der Waals surface area (Å²) in [7, 11) is 1.65. The van der Waals surface area contributed by atoms with Gasteiger partial charge in [0.2, 0.25) is 5.91 Å². The lowest BCUT2D eigenvalue weighted by Gasteiger charge is -2.26. The molecule has 2 aliphatic rings. The number of carbonyl (C=O) groups excluding carboxylic acids is 2. The first-order chi connectivity index (χ1) is 12.6. The van der Waals surface area contributed by atoms with Crippen molar-refractivity contribution in [2.75, 3.05) is 53.0 Å². The fourth-order valence-corrected chi connectivity index (χ4v) is 3.93. The predicted molar refractivity (Wildman–Crippen MR) is 100 cm³/mol. The molecule has 2 heterocycles. The summed E-state index contributed by atoms with van der Waals surface area (Å²) in [4.78, 5) is 31.3. The van der Waals surface area contributed by atoms with Crippen LogP contribution in [0.2, 0.25) is 5.02 Å². The summed E-state index contributed by atoms with van der Waals surface area (Å²) < 4.78 is 5.08. The van der Waals surface area contributed by atoms with Gasteiger partial charge >= 0.3 is 0 Å². The summed E-state index contributed by atoms with van der Waals surface area (Å²) in [5, 5.41) is 0.569. The van der Waals surface area contributed by atoms with Gasteiger partial charge in [0.05, 0.1) is 12.6 Å². The van der Waals surface area contributed by atoms with Gasteiger partial charge in [-0.1, -0.05) is 17.7 Å². The van der Waals surface area contributed by atoms with Crippen molar-refractivity contribution >= 4 is 23.4 Å².